The van der Waals surface area contributed by atoms with E-state index in [-0.39, 0.29) is 11.7 Å². The number of aryl methyl sites for hydroxylation is 1. The van der Waals surface area contributed by atoms with Crippen LogP contribution in [0.5, 0.6) is 0 Å². The summed E-state index contributed by atoms with van der Waals surface area (Å²) in [7, 11) is 0. The number of hydrogen-bond acceptors (Lipinski definition) is 6. The number of H-pyrrole nitrogens is 1. The highest BCUT2D eigenvalue weighted by Crippen LogP contribution is 2.37. The quantitative estimate of drug-likeness (QED) is 0.575. The van der Waals surface area contributed by atoms with Crippen molar-refractivity contribution in [1.29, 1.82) is 5.26 Å². The Balaban J connectivity index is 1.38. The second-order valence-corrected chi connectivity index (χ2v) is 8.82. The molecule has 0 bridgehead atoms. The number of nitriles is 1. The Hall–Kier alpha value is -2.34. The van der Waals surface area contributed by atoms with Crippen LogP contribution in [-0.4, -0.2) is 26.8 Å². The summed E-state index contributed by atoms with van der Waals surface area (Å²) in [6.07, 6.45) is 4.15. The first-order valence-corrected chi connectivity index (χ1v) is 11.0. The van der Waals surface area contributed by atoms with Gasteiger partial charge in [0, 0.05) is 15.5 Å². The molecule has 0 atom stereocenters. The number of benzene rings is 1. The molecule has 1 amide bonds. The lowest BCUT2D eigenvalue weighted by Crippen LogP contribution is -2.14. The molecule has 0 spiro atoms. The molecule has 0 unspecified atom stereocenters. The highest BCUT2D eigenvalue weighted by Gasteiger charge is 2.22. The van der Waals surface area contributed by atoms with Crippen LogP contribution < -0.4 is 5.32 Å². The summed E-state index contributed by atoms with van der Waals surface area (Å²) in [5.74, 6) is 0.626. The standard InChI is InChI=1S/C19H16ClN5OS2/c20-12-7-5-11(6-8-12)17-23-19(25-24-17)27-10-16(26)22-18-14(9-21)13-3-1-2-4-15(13)28-18/h5-8H,1-4,10H2,(H,22,26)(H,23,24,25). The minimum Gasteiger partial charge on any atom is -0.316 e. The number of rotatable bonds is 5. The highest BCUT2D eigenvalue weighted by molar-refractivity contribution is 7.99. The predicted molar refractivity (Wildman–Crippen MR) is 112 cm³/mol. The van der Waals surface area contributed by atoms with Gasteiger partial charge in [0.2, 0.25) is 11.1 Å². The van der Waals surface area contributed by atoms with Crippen molar-refractivity contribution in [2.75, 3.05) is 11.1 Å². The second-order valence-electron chi connectivity index (χ2n) is 6.34. The average Bonchev–Trinajstić information content (AvgIpc) is 3.31. The fourth-order valence-electron chi connectivity index (χ4n) is 3.11. The van der Waals surface area contributed by atoms with Crippen LogP contribution in [-0.2, 0) is 17.6 Å². The highest BCUT2D eigenvalue weighted by atomic mass is 35.5. The van der Waals surface area contributed by atoms with E-state index in [1.165, 1.54) is 28.0 Å². The molecule has 28 heavy (non-hydrogen) atoms. The van der Waals surface area contributed by atoms with Gasteiger partial charge in [-0.1, -0.05) is 23.4 Å². The van der Waals surface area contributed by atoms with E-state index >= 15 is 0 Å². The van der Waals surface area contributed by atoms with Gasteiger partial charge in [0.05, 0.1) is 11.3 Å². The fraction of sp³-hybridized carbons (Fsp3) is 0.263. The fourth-order valence-corrected chi connectivity index (χ4v) is 5.09. The molecular weight excluding hydrogens is 414 g/mol. The van der Waals surface area contributed by atoms with Gasteiger partial charge in [-0.05, 0) is 55.5 Å². The molecule has 0 fully saturated rings. The smallest absolute Gasteiger partial charge is 0.235 e. The molecular formula is C19H16ClN5OS2. The monoisotopic (exact) mass is 429 g/mol. The van der Waals surface area contributed by atoms with E-state index in [9.17, 15) is 10.1 Å². The third kappa shape index (κ3) is 4.07. The Morgan fingerprint density at radius 1 is 1.32 bits per heavy atom. The minimum atomic E-state index is -0.169. The molecule has 2 N–H and O–H groups in total. The Morgan fingerprint density at radius 2 is 2.11 bits per heavy atom. The van der Waals surface area contributed by atoms with Crippen molar-refractivity contribution < 1.29 is 4.79 Å². The Labute approximate surface area is 175 Å². The van der Waals surface area contributed by atoms with Crippen molar-refractivity contribution in [1.82, 2.24) is 15.2 Å². The zero-order valence-electron chi connectivity index (χ0n) is 14.8. The summed E-state index contributed by atoms with van der Waals surface area (Å²) < 4.78 is 0. The van der Waals surface area contributed by atoms with Crippen LogP contribution in [0.15, 0.2) is 29.4 Å². The van der Waals surface area contributed by atoms with Crippen LogP contribution in [0.1, 0.15) is 28.8 Å². The lowest BCUT2D eigenvalue weighted by molar-refractivity contribution is -0.113. The van der Waals surface area contributed by atoms with Crippen LogP contribution in [0.4, 0.5) is 5.00 Å². The van der Waals surface area contributed by atoms with E-state index in [0.29, 0.717) is 26.6 Å². The number of halogens is 1. The summed E-state index contributed by atoms with van der Waals surface area (Å²) in [5.41, 5.74) is 2.61. The molecule has 0 saturated carbocycles. The van der Waals surface area contributed by atoms with Crippen molar-refractivity contribution in [2.24, 2.45) is 0 Å². The van der Waals surface area contributed by atoms with Crippen LogP contribution in [0.25, 0.3) is 11.4 Å². The number of carbonyl (C=O) groups excluding carboxylic acids is 1. The maximum absolute atomic E-state index is 12.4. The third-order valence-corrected chi connectivity index (χ3v) is 6.76. The van der Waals surface area contributed by atoms with Crippen LogP contribution in [0.3, 0.4) is 0 Å². The Kier molecular flexibility index (Phi) is 5.67. The number of aromatic nitrogens is 3. The third-order valence-electron chi connectivity index (χ3n) is 4.45. The number of fused-ring (bicyclic) bond motifs is 1. The summed E-state index contributed by atoms with van der Waals surface area (Å²) >= 11 is 8.67. The average molecular weight is 430 g/mol. The zero-order valence-corrected chi connectivity index (χ0v) is 17.2. The van der Waals surface area contributed by atoms with E-state index in [4.69, 9.17) is 11.6 Å². The molecule has 0 aliphatic heterocycles. The molecule has 6 nitrogen and oxygen atoms in total. The van der Waals surface area contributed by atoms with Gasteiger partial charge in [0.25, 0.3) is 0 Å². The van der Waals surface area contributed by atoms with Crippen molar-refractivity contribution in [2.45, 2.75) is 30.8 Å². The number of thioether (sulfide) groups is 1. The van der Waals surface area contributed by atoms with Gasteiger partial charge in [-0.25, -0.2) is 4.98 Å². The van der Waals surface area contributed by atoms with Crippen molar-refractivity contribution in [3.05, 3.63) is 45.3 Å². The van der Waals surface area contributed by atoms with Gasteiger partial charge in [0.15, 0.2) is 5.82 Å². The molecule has 9 heteroatoms. The van der Waals surface area contributed by atoms with Crippen molar-refractivity contribution in [3.63, 3.8) is 0 Å². The van der Waals surface area contributed by atoms with E-state index in [1.807, 2.05) is 12.1 Å². The first-order chi connectivity index (χ1) is 13.6. The molecule has 4 rings (SSSR count). The number of carbonyl (C=O) groups is 1. The normalized spacial score (nSPS) is 13.0. The topological polar surface area (TPSA) is 94.5 Å². The van der Waals surface area contributed by atoms with E-state index in [0.717, 1.165) is 36.8 Å². The summed E-state index contributed by atoms with van der Waals surface area (Å²) in [6, 6.07) is 9.53. The predicted octanol–water partition coefficient (Wildman–Crippen LogP) is 4.67. The van der Waals surface area contributed by atoms with Gasteiger partial charge in [0.1, 0.15) is 11.1 Å². The lowest BCUT2D eigenvalue weighted by Gasteiger charge is -2.09. The molecule has 142 valence electrons. The van der Waals surface area contributed by atoms with E-state index in [1.54, 1.807) is 12.1 Å². The maximum Gasteiger partial charge on any atom is 0.235 e. The van der Waals surface area contributed by atoms with Crippen LogP contribution in [0, 0.1) is 11.3 Å². The summed E-state index contributed by atoms with van der Waals surface area (Å²) in [5, 5.41) is 21.2. The number of hydrogen-bond donors (Lipinski definition) is 2. The number of anilines is 1. The molecule has 3 aromatic rings. The number of amides is 1. The van der Waals surface area contributed by atoms with Gasteiger partial charge in [-0.2, -0.15) is 5.26 Å². The molecule has 0 saturated heterocycles. The summed E-state index contributed by atoms with van der Waals surface area (Å²) in [4.78, 5) is 18.0. The Morgan fingerprint density at radius 3 is 2.89 bits per heavy atom. The van der Waals surface area contributed by atoms with E-state index in [2.05, 4.69) is 26.6 Å². The number of thiophene rings is 1. The van der Waals surface area contributed by atoms with Crippen LogP contribution in [0.2, 0.25) is 5.02 Å². The van der Waals surface area contributed by atoms with Gasteiger partial charge < -0.3 is 5.32 Å². The number of aromatic amines is 1. The summed E-state index contributed by atoms with van der Waals surface area (Å²) in [6.45, 7) is 0. The molecule has 2 heterocycles. The van der Waals surface area contributed by atoms with E-state index < -0.39 is 0 Å². The largest absolute Gasteiger partial charge is 0.316 e. The zero-order chi connectivity index (χ0) is 19.5. The van der Waals surface area contributed by atoms with Gasteiger partial charge in [-0.3, -0.25) is 9.89 Å². The molecule has 1 aliphatic rings. The molecule has 2 aromatic heterocycles. The number of nitrogens with zero attached hydrogens (tertiary/aromatic N) is 3. The van der Waals surface area contributed by atoms with Gasteiger partial charge in [-0.15, -0.1) is 16.4 Å². The van der Waals surface area contributed by atoms with Gasteiger partial charge >= 0.3 is 0 Å². The van der Waals surface area contributed by atoms with Crippen molar-refractivity contribution >= 4 is 45.6 Å². The first-order valence-electron chi connectivity index (χ1n) is 8.79. The lowest BCUT2D eigenvalue weighted by atomic mass is 9.96. The molecule has 1 aliphatic carbocycles. The molecule has 1 aromatic carbocycles. The first kappa shape index (κ1) is 19.0. The maximum atomic E-state index is 12.4. The second kappa shape index (κ2) is 8.35. The van der Waals surface area contributed by atoms with Crippen LogP contribution >= 0.6 is 34.7 Å². The SMILES string of the molecule is N#Cc1c(NC(=O)CSc2n[nH]c(-c3ccc(Cl)cc3)n2)sc2c1CCCC2. The Bertz CT molecular complexity index is 1050. The number of nitrogens with one attached hydrogen (secondary N) is 2. The molecule has 0 radical (unpaired) electrons. The minimum absolute atomic E-state index is 0.169. The van der Waals surface area contributed by atoms with Crippen molar-refractivity contribution in [3.8, 4) is 17.5 Å².